The van der Waals surface area contributed by atoms with E-state index in [2.05, 4.69) is 48.9 Å². The van der Waals surface area contributed by atoms with Crippen LogP contribution in [0, 0.1) is 5.92 Å². The van der Waals surface area contributed by atoms with Gasteiger partial charge >= 0.3 is 0 Å². The third-order valence-electron chi connectivity index (χ3n) is 3.88. The summed E-state index contributed by atoms with van der Waals surface area (Å²) in [4.78, 5) is 0. The molecule has 1 aromatic rings. The van der Waals surface area contributed by atoms with E-state index in [1.807, 2.05) is 6.20 Å². The smallest absolute Gasteiger partial charge is 0.0492 e. The minimum Gasteiger partial charge on any atom is -0.312 e. The molecule has 2 unspecified atom stereocenters. The highest BCUT2D eigenvalue weighted by atomic mass is 15.3. The Kier molecular flexibility index (Phi) is 4.10. The average Bonchev–Trinajstić information content (AvgIpc) is 2.64. The van der Waals surface area contributed by atoms with Crippen molar-refractivity contribution in [3.05, 3.63) is 18.0 Å². The van der Waals surface area contributed by atoms with Gasteiger partial charge in [0.1, 0.15) is 0 Å². The Bertz CT molecular complexity index is 375. The monoisotopic (exact) mass is 249 g/mol. The van der Waals surface area contributed by atoms with Gasteiger partial charge < -0.3 is 5.32 Å². The number of rotatable bonds is 5. The highest BCUT2D eigenvalue weighted by molar-refractivity contribution is 5.14. The first-order valence-corrected chi connectivity index (χ1v) is 7.28. The van der Waals surface area contributed by atoms with Gasteiger partial charge in [-0.2, -0.15) is 5.10 Å². The van der Waals surface area contributed by atoms with Gasteiger partial charge in [0.05, 0.1) is 0 Å². The maximum Gasteiger partial charge on any atom is 0.0492 e. The lowest BCUT2D eigenvalue weighted by Gasteiger charge is -2.39. The molecule has 1 N–H and O–H groups in total. The van der Waals surface area contributed by atoms with Gasteiger partial charge in [-0.25, -0.2) is 0 Å². The normalized spacial score (nSPS) is 24.0. The number of aryl methyl sites for hydroxylation is 1. The maximum atomic E-state index is 4.45. The van der Waals surface area contributed by atoms with Crippen molar-refractivity contribution in [2.45, 2.75) is 65.0 Å². The summed E-state index contributed by atoms with van der Waals surface area (Å²) < 4.78 is 2.20. The summed E-state index contributed by atoms with van der Waals surface area (Å²) in [6, 6.07) is 2.21. The van der Waals surface area contributed by atoms with Gasteiger partial charge in [-0.1, -0.05) is 6.92 Å². The van der Waals surface area contributed by atoms with Crippen LogP contribution in [0.1, 0.15) is 58.6 Å². The van der Waals surface area contributed by atoms with Gasteiger partial charge in [0.15, 0.2) is 0 Å². The quantitative estimate of drug-likeness (QED) is 0.868. The molecule has 1 aliphatic carbocycles. The molecular formula is C15H27N3. The van der Waals surface area contributed by atoms with E-state index in [0.29, 0.717) is 5.92 Å². The number of nitrogens with one attached hydrogen (secondary N) is 1. The van der Waals surface area contributed by atoms with Crippen molar-refractivity contribution < 1.29 is 0 Å². The number of hydrogen-bond acceptors (Lipinski definition) is 2. The molecule has 1 saturated carbocycles. The van der Waals surface area contributed by atoms with Gasteiger partial charge in [-0.3, -0.25) is 4.68 Å². The fourth-order valence-corrected chi connectivity index (χ4v) is 2.70. The Hall–Kier alpha value is -0.830. The predicted molar refractivity (Wildman–Crippen MR) is 75.7 cm³/mol. The van der Waals surface area contributed by atoms with E-state index in [9.17, 15) is 0 Å². The fourth-order valence-electron chi connectivity index (χ4n) is 2.70. The lowest BCUT2D eigenvalue weighted by atomic mass is 9.71. The molecule has 0 spiro atoms. The van der Waals surface area contributed by atoms with Crippen LogP contribution in [0.25, 0.3) is 0 Å². The first kappa shape index (κ1) is 13.6. The molecule has 1 heterocycles. The van der Waals surface area contributed by atoms with Crippen LogP contribution >= 0.6 is 0 Å². The minimum absolute atomic E-state index is 0.226. The second kappa shape index (κ2) is 5.43. The standard InChI is InChI=1S/C15H27N3/c1-5-10-18-14(8-9-17-18)13-7-6-12(13)11-16-15(2,3)4/h8-9,12-13,16H,5-7,10-11H2,1-4H3. The van der Waals surface area contributed by atoms with Crippen LogP contribution in [0.3, 0.4) is 0 Å². The molecule has 0 amide bonds. The molecule has 0 bridgehead atoms. The van der Waals surface area contributed by atoms with Gasteiger partial charge in [0.2, 0.25) is 0 Å². The molecule has 3 nitrogen and oxygen atoms in total. The van der Waals surface area contributed by atoms with Crippen LogP contribution < -0.4 is 5.32 Å². The molecule has 0 aliphatic heterocycles. The van der Waals surface area contributed by atoms with Crippen LogP contribution in [0.4, 0.5) is 0 Å². The highest BCUT2D eigenvalue weighted by Crippen LogP contribution is 2.42. The Balaban J connectivity index is 1.95. The van der Waals surface area contributed by atoms with Gasteiger partial charge in [-0.15, -0.1) is 0 Å². The van der Waals surface area contributed by atoms with Crippen molar-refractivity contribution in [1.82, 2.24) is 15.1 Å². The molecule has 102 valence electrons. The topological polar surface area (TPSA) is 29.9 Å². The average molecular weight is 249 g/mol. The van der Waals surface area contributed by atoms with Crippen molar-refractivity contribution in [3.63, 3.8) is 0 Å². The zero-order chi connectivity index (χ0) is 13.2. The number of aromatic nitrogens is 2. The largest absolute Gasteiger partial charge is 0.312 e. The summed E-state index contributed by atoms with van der Waals surface area (Å²) >= 11 is 0. The van der Waals surface area contributed by atoms with E-state index in [1.54, 1.807) is 0 Å². The van der Waals surface area contributed by atoms with Crippen LogP contribution in [-0.2, 0) is 6.54 Å². The minimum atomic E-state index is 0.226. The number of nitrogens with zero attached hydrogens (tertiary/aromatic N) is 2. The Morgan fingerprint density at radius 3 is 2.72 bits per heavy atom. The van der Waals surface area contributed by atoms with E-state index in [0.717, 1.165) is 25.4 Å². The summed E-state index contributed by atoms with van der Waals surface area (Å²) in [5.74, 6) is 1.51. The van der Waals surface area contributed by atoms with E-state index in [4.69, 9.17) is 0 Å². The molecule has 2 atom stereocenters. The van der Waals surface area contributed by atoms with Gasteiger partial charge in [0, 0.05) is 29.9 Å². The maximum absolute atomic E-state index is 4.45. The SMILES string of the molecule is CCCn1nccc1C1CCC1CNC(C)(C)C. The van der Waals surface area contributed by atoms with E-state index < -0.39 is 0 Å². The van der Waals surface area contributed by atoms with Crippen LogP contribution in [0.15, 0.2) is 12.3 Å². The molecule has 3 heteroatoms. The summed E-state index contributed by atoms with van der Waals surface area (Å²) in [5.41, 5.74) is 1.67. The lowest BCUT2D eigenvalue weighted by Crippen LogP contribution is -2.43. The molecule has 18 heavy (non-hydrogen) atoms. The van der Waals surface area contributed by atoms with Gasteiger partial charge in [0.25, 0.3) is 0 Å². The molecule has 0 radical (unpaired) electrons. The second-order valence-corrected chi connectivity index (χ2v) is 6.55. The van der Waals surface area contributed by atoms with Gasteiger partial charge in [-0.05, 0) is 58.6 Å². The zero-order valence-corrected chi connectivity index (χ0v) is 12.2. The second-order valence-electron chi connectivity index (χ2n) is 6.55. The van der Waals surface area contributed by atoms with Crippen molar-refractivity contribution in [1.29, 1.82) is 0 Å². The van der Waals surface area contributed by atoms with Crippen LogP contribution in [0.5, 0.6) is 0 Å². The first-order valence-electron chi connectivity index (χ1n) is 7.28. The van der Waals surface area contributed by atoms with Crippen LogP contribution in [0.2, 0.25) is 0 Å². The summed E-state index contributed by atoms with van der Waals surface area (Å²) in [5, 5.41) is 8.09. The molecule has 0 saturated heterocycles. The predicted octanol–water partition coefficient (Wildman–Crippen LogP) is 3.17. The summed E-state index contributed by atoms with van der Waals surface area (Å²) in [6.07, 6.45) is 5.79. The van der Waals surface area contributed by atoms with Crippen molar-refractivity contribution in [2.24, 2.45) is 5.92 Å². The molecule has 1 fully saturated rings. The van der Waals surface area contributed by atoms with Crippen molar-refractivity contribution >= 4 is 0 Å². The highest BCUT2D eigenvalue weighted by Gasteiger charge is 2.34. The Morgan fingerprint density at radius 1 is 1.39 bits per heavy atom. The fraction of sp³-hybridized carbons (Fsp3) is 0.800. The summed E-state index contributed by atoms with van der Waals surface area (Å²) in [7, 11) is 0. The third-order valence-corrected chi connectivity index (χ3v) is 3.88. The van der Waals surface area contributed by atoms with Crippen LogP contribution in [-0.4, -0.2) is 21.9 Å². The van der Waals surface area contributed by atoms with Crippen molar-refractivity contribution in [3.8, 4) is 0 Å². The first-order chi connectivity index (χ1) is 8.51. The van der Waals surface area contributed by atoms with E-state index in [-0.39, 0.29) is 5.54 Å². The lowest BCUT2D eigenvalue weighted by molar-refractivity contribution is 0.215. The molecule has 0 aromatic carbocycles. The zero-order valence-electron chi connectivity index (χ0n) is 12.2. The van der Waals surface area contributed by atoms with E-state index >= 15 is 0 Å². The molecule has 2 rings (SSSR count). The summed E-state index contributed by atoms with van der Waals surface area (Å²) in [6.45, 7) is 11.1. The molecular weight excluding hydrogens is 222 g/mol. The molecule has 1 aliphatic rings. The van der Waals surface area contributed by atoms with E-state index in [1.165, 1.54) is 18.5 Å². The Morgan fingerprint density at radius 2 is 2.17 bits per heavy atom. The van der Waals surface area contributed by atoms with Crippen molar-refractivity contribution in [2.75, 3.05) is 6.54 Å². The Labute approximate surface area is 111 Å². The molecule has 1 aromatic heterocycles. The number of hydrogen-bond donors (Lipinski definition) is 1. The third kappa shape index (κ3) is 3.14.